The van der Waals surface area contributed by atoms with Crippen LogP contribution >= 0.6 is 0 Å². The maximum absolute atomic E-state index is 7.02. The maximum Gasteiger partial charge on any atom is 0.132 e. The smallest absolute Gasteiger partial charge is 0.132 e. The van der Waals surface area contributed by atoms with Crippen molar-refractivity contribution < 1.29 is 4.74 Å². The van der Waals surface area contributed by atoms with E-state index in [0.29, 0.717) is 0 Å². The zero-order valence-corrected chi connectivity index (χ0v) is 29.9. The molecule has 1 atom stereocenters. The van der Waals surface area contributed by atoms with Gasteiger partial charge in [-0.3, -0.25) is 0 Å². The molecule has 0 bridgehead atoms. The van der Waals surface area contributed by atoms with Crippen molar-refractivity contribution in [3.8, 4) is 56.0 Å². The van der Waals surface area contributed by atoms with Crippen molar-refractivity contribution in [2.24, 2.45) is 0 Å². The summed E-state index contributed by atoms with van der Waals surface area (Å²) in [6.45, 7) is 0. The van der Waals surface area contributed by atoms with Gasteiger partial charge in [0.1, 0.15) is 11.5 Å². The molecule has 0 radical (unpaired) electrons. The third kappa shape index (κ3) is 3.38. The molecule has 0 N–H and O–H groups in total. The summed E-state index contributed by atoms with van der Waals surface area (Å²) in [6, 6.07) is 72.5. The van der Waals surface area contributed by atoms with Crippen LogP contribution in [0.4, 0.5) is 0 Å². The first-order chi connectivity index (χ1) is 27.3. The lowest BCUT2D eigenvalue weighted by molar-refractivity contribution is 0.437. The van der Waals surface area contributed by atoms with Crippen LogP contribution in [0.15, 0.2) is 194 Å². The first kappa shape index (κ1) is 29.5. The Bertz CT molecular complexity index is 3100. The van der Waals surface area contributed by atoms with Gasteiger partial charge >= 0.3 is 0 Å². The third-order valence-corrected chi connectivity index (χ3v) is 13.1. The van der Waals surface area contributed by atoms with Crippen LogP contribution in [-0.2, 0) is 10.8 Å². The molecule has 254 valence electrons. The first-order valence-electron chi connectivity index (χ1n) is 19.3. The van der Waals surface area contributed by atoms with Gasteiger partial charge in [-0.15, -0.1) is 0 Å². The molecule has 9 aromatic rings. The Morgan fingerprint density at radius 3 is 1.25 bits per heavy atom. The lowest BCUT2D eigenvalue weighted by Crippen LogP contribution is -2.34. The van der Waals surface area contributed by atoms with Crippen molar-refractivity contribution in [1.82, 2.24) is 0 Å². The van der Waals surface area contributed by atoms with Crippen molar-refractivity contribution in [3.63, 3.8) is 0 Å². The van der Waals surface area contributed by atoms with E-state index in [0.717, 1.165) is 11.5 Å². The van der Waals surface area contributed by atoms with Gasteiger partial charge in [-0.05, 0) is 101 Å². The van der Waals surface area contributed by atoms with E-state index < -0.39 is 10.8 Å². The van der Waals surface area contributed by atoms with Gasteiger partial charge in [-0.25, -0.2) is 0 Å². The highest BCUT2D eigenvalue weighted by molar-refractivity contribution is 6.08. The van der Waals surface area contributed by atoms with Crippen LogP contribution < -0.4 is 4.74 Å². The number of ether oxygens (including phenoxy) is 1. The lowest BCUT2D eigenvalue weighted by Gasteiger charge is -2.43. The van der Waals surface area contributed by atoms with E-state index in [4.69, 9.17) is 4.74 Å². The summed E-state index contributed by atoms with van der Waals surface area (Å²) in [4.78, 5) is 0. The van der Waals surface area contributed by atoms with E-state index in [9.17, 15) is 0 Å². The van der Waals surface area contributed by atoms with Crippen LogP contribution in [0.5, 0.6) is 11.5 Å². The fourth-order valence-electron chi connectivity index (χ4n) is 11.4. The highest BCUT2D eigenvalue weighted by Crippen LogP contribution is 2.67. The normalized spacial score (nSPS) is 16.7. The highest BCUT2D eigenvalue weighted by atomic mass is 16.5. The molecule has 1 nitrogen and oxygen atoms in total. The van der Waals surface area contributed by atoms with Crippen LogP contribution in [0, 0.1) is 0 Å². The van der Waals surface area contributed by atoms with E-state index in [1.165, 1.54) is 99.8 Å². The fourth-order valence-corrected chi connectivity index (χ4v) is 11.4. The number of hydrogen-bond acceptors (Lipinski definition) is 1. The van der Waals surface area contributed by atoms with Gasteiger partial charge in [0.05, 0.1) is 10.8 Å². The minimum absolute atomic E-state index is 0.554. The van der Waals surface area contributed by atoms with Crippen LogP contribution in [0.25, 0.3) is 55.3 Å². The summed E-state index contributed by atoms with van der Waals surface area (Å²) in [6.07, 6.45) is 0. The minimum Gasteiger partial charge on any atom is -0.457 e. The zero-order chi connectivity index (χ0) is 35.9. The monoisotopic (exact) mass is 696 g/mol. The second-order valence-electron chi connectivity index (χ2n) is 15.4. The number of rotatable bonds is 1. The standard InChI is InChI=1S/C54H32O/c1-5-25-42-34(17-1)35-18-2-6-26-43(35)53(42)46-29-9-10-31-48(46)55-49-32-14-24-41(52(49)53)40-23-13-22-39-37-20-4-8-28-45(37)54(51(39)40)44-27-7-3-19-36(44)38-21-11-15-33-16-12-30-47(54)50(33)38/h1-32H. The molecule has 0 aromatic heterocycles. The molecular formula is C54H32O. The van der Waals surface area contributed by atoms with E-state index in [1.54, 1.807) is 0 Å². The van der Waals surface area contributed by atoms with Crippen LogP contribution in [-0.4, -0.2) is 0 Å². The number of benzene rings is 9. The molecule has 9 aromatic carbocycles. The molecule has 2 spiro atoms. The molecule has 1 aliphatic heterocycles. The lowest BCUT2D eigenvalue weighted by atomic mass is 9.59. The van der Waals surface area contributed by atoms with Crippen LogP contribution in [0.2, 0.25) is 0 Å². The molecule has 0 saturated carbocycles. The van der Waals surface area contributed by atoms with Gasteiger partial charge in [-0.1, -0.05) is 182 Å². The van der Waals surface area contributed by atoms with Crippen molar-refractivity contribution in [1.29, 1.82) is 0 Å². The van der Waals surface area contributed by atoms with Gasteiger partial charge in [0, 0.05) is 11.1 Å². The van der Waals surface area contributed by atoms with Crippen LogP contribution in [0.3, 0.4) is 0 Å². The van der Waals surface area contributed by atoms with Gasteiger partial charge < -0.3 is 4.74 Å². The van der Waals surface area contributed by atoms with Gasteiger partial charge in [-0.2, -0.15) is 0 Å². The molecular weight excluding hydrogens is 665 g/mol. The zero-order valence-electron chi connectivity index (χ0n) is 29.9. The Kier molecular flexibility index (Phi) is 5.56. The van der Waals surface area contributed by atoms with E-state index >= 15 is 0 Å². The number of para-hydroxylation sites is 1. The Morgan fingerprint density at radius 1 is 0.255 bits per heavy atom. The Labute approximate surface area is 319 Å². The Balaban J connectivity index is 1.22. The number of hydrogen-bond donors (Lipinski definition) is 0. The molecule has 1 heteroatoms. The van der Waals surface area contributed by atoms with Crippen LogP contribution in [0.1, 0.15) is 44.5 Å². The van der Waals surface area contributed by atoms with Gasteiger partial charge in [0.25, 0.3) is 0 Å². The molecule has 0 amide bonds. The molecule has 0 fully saturated rings. The van der Waals surface area contributed by atoms with E-state index in [-0.39, 0.29) is 0 Å². The average molecular weight is 697 g/mol. The highest BCUT2D eigenvalue weighted by Gasteiger charge is 2.55. The maximum atomic E-state index is 7.02. The largest absolute Gasteiger partial charge is 0.457 e. The summed E-state index contributed by atoms with van der Waals surface area (Å²) < 4.78 is 7.02. The fraction of sp³-hybridized carbons (Fsp3) is 0.0370. The summed E-state index contributed by atoms with van der Waals surface area (Å²) in [7, 11) is 0. The quantitative estimate of drug-likeness (QED) is 0.166. The third-order valence-electron chi connectivity index (χ3n) is 13.1. The molecule has 1 heterocycles. The average Bonchev–Trinajstić information content (AvgIpc) is 3.71. The van der Waals surface area contributed by atoms with Crippen molar-refractivity contribution in [2.45, 2.75) is 10.8 Å². The second kappa shape index (κ2) is 10.4. The molecule has 0 saturated heterocycles. The molecule has 55 heavy (non-hydrogen) atoms. The summed E-state index contributed by atoms with van der Waals surface area (Å²) >= 11 is 0. The summed E-state index contributed by atoms with van der Waals surface area (Å²) in [5.74, 6) is 1.81. The second-order valence-corrected chi connectivity index (χ2v) is 15.4. The predicted molar refractivity (Wildman–Crippen MR) is 223 cm³/mol. The number of fused-ring (bicyclic) bond motifs is 18. The summed E-state index contributed by atoms with van der Waals surface area (Å²) in [5.41, 5.74) is 19.4. The van der Waals surface area contributed by atoms with Crippen molar-refractivity contribution >= 4 is 10.8 Å². The van der Waals surface area contributed by atoms with Crippen molar-refractivity contribution in [2.75, 3.05) is 0 Å². The minimum atomic E-state index is -0.591. The molecule has 1 unspecified atom stereocenters. The summed E-state index contributed by atoms with van der Waals surface area (Å²) in [5, 5.41) is 2.61. The first-order valence-corrected chi connectivity index (χ1v) is 19.3. The van der Waals surface area contributed by atoms with E-state index in [1.807, 2.05) is 0 Å². The Hall–Kier alpha value is -6.96. The van der Waals surface area contributed by atoms with Crippen molar-refractivity contribution in [3.05, 3.63) is 239 Å². The molecule has 13 rings (SSSR count). The topological polar surface area (TPSA) is 9.23 Å². The van der Waals surface area contributed by atoms with Gasteiger partial charge in [0.2, 0.25) is 0 Å². The van der Waals surface area contributed by atoms with Gasteiger partial charge in [0.15, 0.2) is 0 Å². The predicted octanol–water partition coefficient (Wildman–Crippen LogP) is 13.3. The SMILES string of the molecule is c1ccc2c(c1)Oc1cccc(-c3cccc4c3C3(c5ccccc5-4)c4ccccc4-c4cccc5cccc3c45)c1C21c2ccccc2-c2ccccc21. The Morgan fingerprint density at radius 2 is 0.618 bits per heavy atom. The van der Waals surface area contributed by atoms with E-state index in [2.05, 4.69) is 194 Å². The molecule has 3 aliphatic carbocycles. The molecule has 4 aliphatic rings.